The van der Waals surface area contributed by atoms with Gasteiger partial charge in [0.05, 0.1) is 0 Å². The van der Waals surface area contributed by atoms with Crippen molar-refractivity contribution in [3.63, 3.8) is 0 Å². The van der Waals surface area contributed by atoms with Crippen molar-refractivity contribution in [3.05, 3.63) is 0 Å². The summed E-state index contributed by atoms with van der Waals surface area (Å²) in [5.41, 5.74) is 4.51. The topological polar surface area (TPSA) is 23.8 Å². The minimum absolute atomic E-state index is 0.0174. The van der Waals surface area contributed by atoms with E-state index in [4.69, 9.17) is 5.73 Å². The van der Waals surface area contributed by atoms with E-state index in [2.05, 4.69) is 0 Å². The molecule has 47 valence electrons. The minimum Gasteiger partial charge on any atom is -0.242 e. The summed E-state index contributed by atoms with van der Waals surface area (Å²) >= 11 is 0. The van der Waals surface area contributed by atoms with E-state index in [0.717, 1.165) is 0 Å². The lowest BCUT2D eigenvalue weighted by molar-refractivity contribution is -0.158. The molecule has 0 amide bonds. The monoisotopic (exact) mass is 124 g/mol. The zero-order chi connectivity index (χ0) is 6.41. The Kier molecular flexibility index (Phi) is 0.867. The van der Waals surface area contributed by atoms with Crippen LogP contribution in [0, 0.1) is 0 Å². The summed E-state index contributed by atoms with van der Waals surface area (Å²) in [6, 6.07) is 0. The number of halogens is 3. The molecule has 0 atom stereocenters. The average Bonchev–Trinajstić information content (AvgIpc) is 2.16. The second-order valence-electron chi connectivity index (χ2n) is 2.08. The van der Waals surface area contributed by atoms with Gasteiger partial charge < -0.3 is 0 Å². The van der Waals surface area contributed by atoms with E-state index in [-0.39, 0.29) is 12.8 Å². The fraction of sp³-hybridized carbons (Fsp3) is 1.00. The molecule has 0 heterocycles. The van der Waals surface area contributed by atoms with Crippen LogP contribution in [0.25, 0.3) is 0 Å². The van der Waals surface area contributed by atoms with Crippen LogP contribution in [-0.4, -0.2) is 11.7 Å². The zero-order valence-electron chi connectivity index (χ0n) is 4.05. The number of rotatable bonds is 0. The molecule has 1 rings (SSSR count). The first-order valence-corrected chi connectivity index (χ1v) is 2.27. The lowest BCUT2D eigenvalue weighted by atomic mass is 10.3. The molecule has 1 aliphatic carbocycles. The summed E-state index contributed by atoms with van der Waals surface area (Å²) in [6.45, 7) is 0. The van der Waals surface area contributed by atoms with Gasteiger partial charge in [-0.2, -0.15) is 13.2 Å². The van der Waals surface area contributed by atoms with Gasteiger partial charge in [0, 0.05) is 0 Å². The van der Waals surface area contributed by atoms with Gasteiger partial charge in [-0.1, -0.05) is 0 Å². The van der Waals surface area contributed by atoms with Gasteiger partial charge in [0.25, 0.3) is 0 Å². The van der Waals surface area contributed by atoms with Gasteiger partial charge in [-0.05, 0) is 12.8 Å². The standard InChI is InChI=1S/C4H5F3N/c5-4(6,7)3(8)1-2-3/h8H,1-2H2. The summed E-state index contributed by atoms with van der Waals surface area (Å²) < 4.78 is 34.3. The smallest absolute Gasteiger partial charge is 0.242 e. The van der Waals surface area contributed by atoms with E-state index in [9.17, 15) is 13.2 Å². The fourth-order valence-corrected chi connectivity index (χ4v) is 0.408. The van der Waals surface area contributed by atoms with Crippen LogP contribution in [0.4, 0.5) is 13.2 Å². The molecular weight excluding hydrogens is 119 g/mol. The quantitative estimate of drug-likeness (QED) is 0.465. The van der Waals surface area contributed by atoms with Gasteiger partial charge in [-0.25, -0.2) is 5.73 Å². The molecule has 0 aromatic carbocycles. The van der Waals surface area contributed by atoms with Crippen LogP contribution in [0.1, 0.15) is 12.8 Å². The molecule has 0 bridgehead atoms. The summed E-state index contributed by atoms with van der Waals surface area (Å²) in [4.78, 5) is 0. The van der Waals surface area contributed by atoms with Gasteiger partial charge in [0.2, 0.25) is 0 Å². The molecule has 1 aliphatic rings. The van der Waals surface area contributed by atoms with E-state index in [1.807, 2.05) is 0 Å². The molecule has 0 aliphatic heterocycles. The molecule has 0 spiro atoms. The molecule has 8 heavy (non-hydrogen) atoms. The van der Waals surface area contributed by atoms with Gasteiger partial charge in [-0.15, -0.1) is 0 Å². The predicted octanol–water partition coefficient (Wildman–Crippen LogP) is 1.36. The van der Waals surface area contributed by atoms with Crippen molar-refractivity contribution in [3.8, 4) is 0 Å². The Labute approximate surface area is 44.7 Å². The maximum Gasteiger partial charge on any atom is 0.407 e. The number of nitrogens with one attached hydrogen (secondary N) is 1. The second kappa shape index (κ2) is 1.18. The Hall–Kier alpha value is -0.250. The molecule has 0 unspecified atom stereocenters. The Bertz CT molecular complexity index is 99.1. The third-order valence-electron chi connectivity index (χ3n) is 1.29. The van der Waals surface area contributed by atoms with Crippen LogP contribution in [0.5, 0.6) is 0 Å². The molecule has 1 fully saturated rings. The normalized spacial score (nSPS) is 25.5. The fourth-order valence-electron chi connectivity index (χ4n) is 0.408. The molecule has 1 radical (unpaired) electrons. The minimum atomic E-state index is -4.28. The largest absolute Gasteiger partial charge is 0.407 e. The van der Waals surface area contributed by atoms with Crippen molar-refractivity contribution >= 4 is 0 Å². The number of hydrogen-bond acceptors (Lipinski definition) is 0. The highest BCUT2D eigenvalue weighted by molar-refractivity contribution is 5.04. The number of alkyl halides is 3. The van der Waals surface area contributed by atoms with Crippen molar-refractivity contribution in [2.24, 2.45) is 0 Å². The first-order valence-electron chi connectivity index (χ1n) is 2.27. The molecule has 0 saturated heterocycles. The van der Waals surface area contributed by atoms with Crippen molar-refractivity contribution in [2.75, 3.05) is 0 Å². The summed E-state index contributed by atoms with van der Waals surface area (Å²) in [7, 11) is 0. The molecule has 4 heteroatoms. The van der Waals surface area contributed by atoms with Crippen LogP contribution in [0.2, 0.25) is 0 Å². The maximum atomic E-state index is 11.4. The Morgan fingerprint density at radius 2 is 1.62 bits per heavy atom. The molecule has 1 nitrogen and oxygen atoms in total. The third-order valence-corrected chi connectivity index (χ3v) is 1.29. The summed E-state index contributed by atoms with van der Waals surface area (Å²) in [5.74, 6) is 0. The van der Waals surface area contributed by atoms with E-state index < -0.39 is 11.7 Å². The van der Waals surface area contributed by atoms with Gasteiger partial charge in [0.1, 0.15) is 5.54 Å². The lowest BCUT2D eigenvalue weighted by Gasteiger charge is -2.10. The highest BCUT2D eigenvalue weighted by atomic mass is 19.4. The highest BCUT2D eigenvalue weighted by Gasteiger charge is 2.61. The molecule has 0 aromatic heterocycles. The van der Waals surface area contributed by atoms with E-state index in [0.29, 0.717) is 0 Å². The predicted molar refractivity (Wildman–Crippen MR) is 21.1 cm³/mol. The number of hydrogen-bond donors (Lipinski definition) is 0. The van der Waals surface area contributed by atoms with E-state index >= 15 is 0 Å². The van der Waals surface area contributed by atoms with Crippen molar-refractivity contribution in [1.82, 2.24) is 5.73 Å². The molecular formula is C4H5F3N. The van der Waals surface area contributed by atoms with Crippen molar-refractivity contribution < 1.29 is 13.2 Å². The van der Waals surface area contributed by atoms with E-state index in [1.165, 1.54) is 0 Å². The first kappa shape index (κ1) is 5.88. The Morgan fingerprint density at radius 3 is 1.62 bits per heavy atom. The lowest BCUT2D eigenvalue weighted by Crippen LogP contribution is -2.31. The van der Waals surface area contributed by atoms with Crippen molar-refractivity contribution in [1.29, 1.82) is 0 Å². The Balaban J connectivity index is 2.58. The summed E-state index contributed by atoms with van der Waals surface area (Å²) in [5, 5.41) is 0. The van der Waals surface area contributed by atoms with Crippen LogP contribution in [0.15, 0.2) is 0 Å². The van der Waals surface area contributed by atoms with Gasteiger partial charge in [-0.3, -0.25) is 0 Å². The highest BCUT2D eigenvalue weighted by Crippen LogP contribution is 2.47. The molecule has 0 aromatic rings. The molecule has 1 N–H and O–H groups in total. The van der Waals surface area contributed by atoms with E-state index in [1.54, 1.807) is 0 Å². The maximum absolute atomic E-state index is 11.4. The SMILES string of the molecule is [NH]C1(C(F)(F)F)CC1. The third kappa shape index (κ3) is 0.686. The first-order chi connectivity index (χ1) is 3.46. The zero-order valence-corrected chi connectivity index (χ0v) is 4.05. The van der Waals surface area contributed by atoms with Crippen LogP contribution >= 0.6 is 0 Å². The molecule has 1 saturated carbocycles. The van der Waals surface area contributed by atoms with Gasteiger partial charge in [0.15, 0.2) is 0 Å². The van der Waals surface area contributed by atoms with Crippen LogP contribution in [-0.2, 0) is 0 Å². The average molecular weight is 124 g/mol. The van der Waals surface area contributed by atoms with Crippen molar-refractivity contribution in [2.45, 2.75) is 24.6 Å². The summed E-state index contributed by atoms with van der Waals surface area (Å²) in [6.07, 6.45) is -4.32. The van der Waals surface area contributed by atoms with Crippen LogP contribution < -0.4 is 5.73 Å². The Morgan fingerprint density at radius 1 is 1.25 bits per heavy atom. The van der Waals surface area contributed by atoms with Gasteiger partial charge >= 0.3 is 6.18 Å². The van der Waals surface area contributed by atoms with Crippen LogP contribution in [0.3, 0.4) is 0 Å². The second-order valence-corrected chi connectivity index (χ2v) is 2.08.